The summed E-state index contributed by atoms with van der Waals surface area (Å²) in [5, 5.41) is 64.3. The van der Waals surface area contributed by atoms with Crippen LogP contribution in [0.15, 0.2) is 18.2 Å². The fourth-order valence-electron chi connectivity index (χ4n) is 7.19. The van der Waals surface area contributed by atoms with Crippen molar-refractivity contribution >= 4 is 17.3 Å². The summed E-state index contributed by atoms with van der Waals surface area (Å²) in [5.74, 6) is -3.39. The molecule has 0 unspecified atom stereocenters. The van der Waals surface area contributed by atoms with Gasteiger partial charge in [-0.15, -0.1) is 0 Å². The van der Waals surface area contributed by atoms with Crippen molar-refractivity contribution in [3.8, 4) is 17.2 Å². The quantitative estimate of drug-likeness (QED) is 0.162. The number of aliphatic hydroxyl groups is 4. The largest absolute Gasteiger partial charge is 0.507 e. The van der Waals surface area contributed by atoms with E-state index in [2.05, 4.69) is 0 Å². The summed E-state index contributed by atoms with van der Waals surface area (Å²) >= 11 is 0. The van der Waals surface area contributed by atoms with E-state index in [-0.39, 0.29) is 47.3 Å². The van der Waals surface area contributed by atoms with Gasteiger partial charge in [-0.05, 0) is 19.9 Å². The lowest BCUT2D eigenvalue weighted by atomic mass is 9.72. The summed E-state index contributed by atoms with van der Waals surface area (Å²) in [6.45, 7) is 2.26. The molecule has 2 saturated heterocycles. The Bertz CT molecular complexity index is 1630. The molecule has 0 amide bonds. The molecule has 15 heteroatoms. The van der Waals surface area contributed by atoms with Crippen molar-refractivity contribution in [2.75, 3.05) is 13.7 Å². The minimum Gasteiger partial charge on any atom is -0.507 e. The lowest BCUT2D eigenvalue weighted by Gasteiger charge is -2.44. The van der Waals surface area contributed by atoms with Crippen LogP contribution >= 0.6 is 0 Å². The van der Waals surface area contributed by atoms with Crippen molar-refractivity contribution < 1.29 is 68.7 Å². The third kappa shape index (κ3) is 5.58. The maximum atomic E-state index is 13.8. The standard InChI is InChI=1S/C33H39NO14/c1-12-32(48-22-8-17(37)29(40)20(11-35)47-22)16(34)7-21(45-12)46-19-10-33(43,13(2)36)9-15-24(19)31(42)26-25(28(15)39)27(38)14-5-4-6-18(44-3)23(14)30(26)41/h4-6,12,16-17,19-22,29,32,35,37,39-40,42-43H,7-11,34H2,1-3H3/t12-,16-,17+,19-,20+,21-,22+,29-,32+,33-/m0/s1. The molecule has 2 aliphatic heterocycles. The molecule has 0 saturated carbocycles. The Kier molecular flexibility index (Phi) is 9.12. The van der Waals surface area contributed by atoms with Gasteiger partial charge < -0.3 is 60.1 Å². The number of nitrogens with two attached hydrogens (primary N) is 1. The first-order valence-corrected chi connectivity index (χ1v) is 15.7. The third-order valence-electron chi connectivity index (χ3n) is 9.79. The number of carbonyl (C=O) groups is 3. The topological polar surface area (TPSA) is 245 Å². The monoisotopic (exact) mass is 673 g/mol. The number of benzene rings is 2. The van der Waals surface area contributed by atoms with E-state index in [0.717, 1.165) is 6.92 Å². The van der Waals surface area contributed by atoms with Gasteiger partial charge in [0.1, 0.15) is 41.2 Å². The van der Waals surface area contributed by atoms with E-state index in [1.807, 2.05) is 0 Å². The highest BCUT2D eigenvalue weighted by Gasteiger charge is 2.50. The first-order chi connectivity index (χ1) is 22.7. The van der Waals surface area contributed by atoms with Gasteiger partial charge >= 0.3 is 0 Å². The van der Waals surface area contributed by atoms with Crippen LogP contribution in [0.2, 0.25) is 0 Å². The number of methoxy groups -OCH3 is 1. The fourth-order valence-corrected chi connectivity index (χ4v) is 7.19. The van der Waals surface area contributed by atoms with E-state index in [1.54, 1.807) is 6.92 Å². The van der Waals surface area contributed by atoms with E-state index in [9.17, 15) is 45.0 Å². The van der Waals surface area contributed by atoms with Crippen LogP contribution in [0.1, 0.15) is 82.2 Å². The summed E-state index contributed by atoms with van der Waals surface area (Å²) in [6, 6.07) is 3.65. The van der Waals surface area contributed by atoms with Crippen molar-refractivity contribution in [2.45, 2.75) is 100 Å². The van der Waals surface area contributed by atoms with Crippen LogP contribution in [-0.4, -0.2) is 116 Å². The maximum absolute atomic E-state index is 13.8. The molecule has 10 atom stereocenters. The molecule has 0 aromatic heterocycles. The molecular formula is C33H39NO14. The van der Waals surface area contributed by atoms with Crippen LogP contribution in [0, 0.1) is 0 Å². The number of hydrogen-bond donors (Lipinski definition) is 7. The molecule has 0 spiro atoms. The van der Waals surface area contributed by atoms with Gasteiger partial charge in [-0.2, -0.15) is 0 Å². The molecule has 2 aromatic rings. The number of hydrogen-bond acceptors (Lipinski definition) is 15. The van der Waals surface area contributed by atoms with Crippen molar-refractivity contribution in [3.05, 3.63) is 51.6 Å². The number of ether oxygens (including phenoxy) is 5. The Labute approximate surface area is 274 Å². The van der Waals surface area contributed by atoms with Crippen molar-refractivity contribution in [3.63, 3.8) is 0 Å². The van der Waals surface area contributed by atoms with Crippen LogP contribution in [0.4, 0.5) is 0 Å². The van der Waals surface area contributed by atoms with Gasteiger partial charge in [0.2, 0.25) is 5.78 Å². The molecule has 0 bridgehead atoms. The smallest absolute Gasteiger partial charge is 0.202 e. The van der Waals surface area contributed by atoms with E-state index in [4.69, 9.17) is 29.4 Å². The van der Waals surface area contributed by atoms with Crippen molar-refractivity contribution in [1.82, 2.24) is 0 Å². The number of phenolic OH excluding ortho intramolecular Hbond substituents is 2. The minimum atomic E-state index is -2.07. The van der Waals surface area contributed by atoms with Crippen LogP contribution in [0.5, 0.6) is 17.2 Å². The van der Waals surface area contributed by atoms with Gasteiger partial charge in [-0.25, -0.2) is 0 Å². The number of phenols is 2. The molecule has 2 aliphatic carbocycles. The molecule has 4 aliphatic rings. The van der Waals surface area contributed by atoms with Crippen LogP contribution in [0.3, 0.4) is 0 Å². The second-order valence-corrected chi connectivity index (χ2v) is 12.8. The lowest BCUT2D eigenvalue weighted by Crippen LogP contribution is -2.57. The van der Waals surface area contributed by atoms with Crippen LogP contribution in [-0.2, 0) is 30.2 Å². The number of Topliss-reactive ketones (excluding diaryl/α,β-unsaturated/α-hetero) is 1. The average Bonchev–Trinajstić information content (AvgIpc) is 3.04. The average molecular weight is 674 g/mol. The highest BCUT2D eigenvalue weighted by Crippen LogP contribution is 2.52. The van der Waals surface area contributed by atoms with Gasteiger partial charge in [-0.3, -0.25) is 14.4 Å². The number of ketones is 3. The van der Waals surface area contributed by atoms with Crippen LogP contribution in [0.25, 0.3) is 0 Å². The van der Waals surface area contributed by atoms with Gasteiger partial charge in [0.15, 0.2) is 24.1 Å². The van der Waals surface area contributed by atoms with Crippen molar-refractivity contribution in [2.24, 2.45) is 5.73 Å². The Morgan fingerprint density at radius 2 is 1.71 bits per heavy atom. The maximum Gasteiger partial charge on any atom is 0.202 e. The molecule has 2 fully saturated rings. The predicted octanol–water partition coefficient (Wildman–Crippen LogP) is -0.118. The number of aromatic hydroxyl groups is 2. The molecule has 260 valence electrons. The highest BCUT2D eigenvalue weighted by molar-refractivity contribution is 6.31. The zero-order chi connectivity index (χ0) is 34.8. The summed E-state index contributed by atoms with van der Waals surface area (Å²) in [7, 11) is 1.33. The SMILES string of the molecule is COc1cccc2c1C(=O)c1c(O)c3c(c(O)c1C2=O)C[C@@](O)(C(C)=O)C[C@@H]3O[C@H]1C[C@H](N)[C@H](O[C@@H]2C[C@@H](O)[C@H](O)[C@@H](CO)O2)[C@H](C)O1. The Hall–Kier alpha value is -3.51. The summed E-state index contributed by atoms with van der Waals surface area (Å²) in [6.07, 6.45) is -9.44. The van der Waals surface area contributed by atoms with E-state index >= 15 is 0 Å². The third-order valence-corrected chi connectivity index (χ3v) is 9.79. The molecule has 15 nitrogen and oxygen atoms in total. The highest BCUT2D eigenvalue weighted by atomic mass is 16.7. The van der Waals surface area contributed by atoms with Crippen molar-refractivity contribution in [1.29, 1.82) is 0 Å². The molecule has 2 aromatic carbocycles. The molecule has 48 heavy (non-hydrogen) atoms. The summed E-state index contributed by atoms with van der Waals surface area (Å²) in [5.41, 5.74) is 3.14. The summed E-state index contributed by atoms with van der Waals surface area (Å²) in [4.78, 5) is 40.2. The number of carbonyl (C=O) groups excluding carboxylic acids is 3. The number of rotatable bonds is 7. The summed E-state index contributed by atoms with van der Waals surface area (Å²) < 4.78 is 29.2. The Balaban J connectivity index is 1.31. The minimum absolute atomic E-state index is 0.000340. The van der Waals surface area contributed by atoms with Gasteiger partial charge in [0.25, 0.3) is 0 Å². The second kappa shape index (κ2) is 12.7. The zero-order valence-corrected chi connectivity index (χ0v) is 26.5. The first-order valence-electron chi connectivity index (χ1n) is 15.7. The molecule has 8 N–H and O–H groups in total. The van der Waals surface area contributed by atoms with E-state index < -0.39 is 114 Å². The molecule has 0 radical (unpaired) electrons. The molecule has 6 rings (SSSR count). The molecule has 2 heterocycles. The van der Waals surface area contributed by atoms with E-state index in [0.29, 0.717) is 0 Å². The van der Waals surface area contributed by atoms with E-state index in [1.165, 1.54) is 25.3 Å². The van der Waals surface area contributed by atoms with Gasteiger partial charge in [0, 0.05) is 48.4 Å². The van der Waals surface area contributed by atoms with Crippen LogP contribution < -0.4 is 10.5 Å². The Morgan fingerprint density at radius 3 is 2.35 bits per heavy atom. The normalized spacial score (nSPS) is 34.6. The number of aliphatic hydroxyl groups excluding tert-OH is 3. The first kappa shape index (κ1) is 34.4. The zero-order valence-electron chi connectivity index (χ0n) is 26.5. The number of fused-ring (bicyclic) bond motifs is 3. The van der Waals surface area contributed by atoms with Gasteiger partial charge in [-0.1, -0.05) is 12.1 Å². The fraction of sp³-hybridized carbons (Fsp3) is 0.545. The Morgan fingerprint density at radius 1 is 1.02 bits per heavy atom. The molecular weight excluding hydrogens is 634 g/mol. The lowest BCUT2D eigenvalue weighted by molar-refractivity contribution is -0.307. The predicted molar refractivity (Wildman–Crippen MR) is 162 cm³/mol. The van der Waals surface area contributed by atoms with Gasteiger partial charge in [0.05, 0.1) is 48.7 Å². The second-order valence-electron chi connectivity index (χ2n) is 12.8.